The molecule has 20 heavy (non-hydrogen) atoms. The van der Waals surface area contributed by atoms with E-state index in [-0.39, 0.29) is 37.2 Å². The minimum atomic E-state index is 0.00609. The number of aliphatic hydroxyl groups excluding tert-OH is 1. The molecule has 3 fully saturated rings. The van der Waals surface area contributed by atoms with E-state index >= 15 is 0 Å². The van der Waals surface area contributed by atoms with Gasteiger partial charge in [0.25, 0.3) is 0 Å². The Labute approximate surface area is 121 Å². The zero-order chi connectivity index (χ0) is 13.9. The van der Waals surface area contributed by atoms with E-state index in [0.717, 1.165) is 12.8 Å². The Hall–Kier alpha value is -0.610. The fourth-order valence-corrected chi connectivity index (χ4v) is 4.55. The Morgan fingerprint density at radius 1 is 1.10 bits per heavy atom. The summed E-state index contributed by atoms with van der Waals surface area (Å²) in [5, 5.41) is 12.6. The summed E-state index contributed by atoms with van der Waals surface area (Å²) in [7, 11) is 0. The molecule has 0 spiro atoms. The first-order valence-corrected chi connectivity index (χ1v) is 8.29. The van der Waals surface area contributed by atoms with Crippen molar-refractivity contribution < 1.29 is 14.6 Å². The Morgan fingerprint density at radius 2 is 1.85 bits per heavy atom. The molecule has 1 amide bonds. The largest absolute Gasteiger partial charge is 0.396 e. The SMILES string of the molecule is O=C(COC1CCCCC1)NC1C2CCC(C2)C1CO. The molecule has 3 aliphatic rings. The van der Waals surface area contributed by atoms with E-state index in [9.17, 15) is 9.90 Å². The maximum absolute atomic E-state index is 12.1. The molecule has 0 aromatic carbocycles. The Kier molecular flexibility index (Phi) is 4.61. The molecule has 0 aromatic rings. The van der Waals surface area contributed by atoms with Gasteiger partial charge in [0.1, 0.15) is 6.61 Å². The lowest BCUT2D eigenvalue weighted by molar-refractivity contribution is -0.130. The molecule has 3 saturated carbocycles. The number of aliphatic hydroxyl groups is 1. The highest BCUT2D eigenvalue weighted by atomic mass is 16.5. The van der Waals surface area contributed by atoms with Gasteiger partial charge < -0.3 is 15.2 Å². The Morgan fingerprint density at radius 3 is 2.60 bits per heavy atom. The summed E-state index contributed by atoms with van der Waals surface area (Å²) < 4.78 is 5.73. The highest BCUT2D eigenvalue weighted by molar-refractivity contribution is 5.77. The predicted octanol–water partition coefficient (Wildman–Crippen LogP) is 1.86. The molecule has 4 heteroatoms. The third-order valence-electron chi connectivity index (χ3n) is 5.63. The van der Waals surface area contributed by atoms with Gasteiger partial charge in [-0.05, 0) is 43.9 Å². The van der Waals surface area contributed by atoms with Crippen molar-refractivity contribution in [3.63, 3.8) is 0 Å². The zero-order valence-electron chi connectivity index (χ0n) is 12.2. The van der Waals surface area contributed by atoms with Crippen LogP contribution in [-0.2, 0) is 9.53 Å². The maximum Gasteiger partial charge on any atom is 0.246 e. The quantitative estimate of drug-likeness (QED) is 0.808. The number of amides is 1. The van der Waals surface area contributed by atoms with Gasteiger partial charge in [-0.25, -0.2) is 0 Å². The fourth-order valence-electron chi connectivity index (χ4n) is 4.55. The van der Waals surface area contributed by atoms with Crippen molar-refractivity contribution in [2.75, 3.05) is 13.2 Å². The summed E-state index contributed by atoms with van der Waals surface area (Å²) in [6.07, 6.45) is 9.84. The second-order valence-electron chi connectivity index (χ2n) is 6.84. The topological polar surface area (TPSA) is 58.6 Å². The van der Waals surface area contributed by atoms with Crippen molar-refractivity contribution >= 4 is 5.91 Å². The van der Waals surface area contributed by atoms with Gasteiger partial charge in [-0.15, -0.1) is 0 Å². The average Bonchev–Trinajstić information content (AvgIpc) is 3.07. The van der Waals surface area contributed by atoms with Gasteiger partial charge in [-0.2, -0.15) is 0 Å². The van der Waals surface area contributed by atoms with E-state index < -0.39 is 0 Å². The lowest BCUT2D eigenvalue weighted by Gasteiger charge is -2.30. The average molecular weight is 281 g/mol. The van der Waals surface area contributed by atoms with Crippen molar-refractivity contribution in [1.29, 1.82) is 0 Å². The molecule has 3 rings (SSSR count). The van der Waals surface area contributed by atoms with E-state index in [1.165, 1.54) is 38.5 Å². The predicted molar refractivity (Wildman–Crippen MR) is 76.2 cm³/mol. The smallest absolute Gasteiger partial charge is 0.246 e. The molecular formula is C16H27NO3. The second kappa shape index (κ2) is 6.44. The van der Waals surface area contributed by atoms with Crippen LogP contribution in [-0.4, -0.2) is 36.4 Å². The van der Waals surface area contributed by atoms with Crippen LogP contribution in [0.3, 0.4) is 0 Å². The van der Waals surface area contributed by atoms with Gasteiger partial charge in [0.2, 0.25) is 5.91 Å². The van der Waals surface area contributed by atoms with Gasteiger partial charge in [-0.3, -0.25) is 4.79 Å². The number of hydrogen-bond acceptors (Lipinski definition) is 3. The lowest BCUT2D eigenvalue weighted by atomic mass is 9.85. The molecule has 4 nitrogen and oxygen atoms in total. The van der Waals surface area contributed by atoms with E-state index in [1.54, 1.807) is 0 Å². The number of carbonyl (C=O) groups excluding carboxylic acids is 1. The van der Waals surface area contributed by atoms with Gasteiger partial charge in [0, 0.05) is 18.6 Å². The molecule has 114 valence electrons. The molecule has 0 aromatic heterocycles. The summed E-state index contributed by atoms with van der Waals surface area (Å²) >= 11 is 0. The maximum atomic E-state index is 12.1. The molecule has 3 aliphatic carbocycles. The lowest BCUT2D eigenvalue weighted by Crippen LogP contribution is -2.46. The van der Waals surface area contributed by atoms with Crippen LogP contribution < -0.4 is 5.32 Å². The van der Waals surface area contributed by atoms with Crippen molar-refractivity contribution in [3.05, 3.63) is 0 Å². The molecule has 0 radical (unpaired) electrons. The third kappa shape index (κ3) is 3.01. The highest BCUT2D eigenvalue weighted by Gasteiger charge is 2.47. The summed E-state index contributed by atoms with van der Waals surface area (Å²) in [6.45, 7) is 0.395. The van der Waals surface area contributed by atoms with Crippen LogP contribution in [0.5, 0.6) is 0 Å². The highest BCUT2D eigenvalue weighted by Crippen LogP contribution is 2.48. The summed E-state index contributed by atoms with van der Waals surface area (Å²) in [6, 6.07) is 0.182. The van der Waals surface area contributed by atoms with Gasteiger partial charge in [0.15, 0.2) is 0 Å². The second-order valence-corrected chi connectivity index (χ2v) is 6.84. The molecule has 0 heterocycles. The number of ether oxygens (including phenoxy) is 1. The van der Waals surface area contributed by atoms with Crippen LogP contribution in [0.15, 0.2) is 0 Å². The molecule has 2 N–H and O–H groups in total. The first-order chi connectivity index (χ1) is 9.78. The van der Waals surface area contributed by atoms with Crippen molar-refractivity contribution in [1.82, 2.24) is 5.32 Å². The fraction of sp³-hybridized carbons (Fsp3) is 0.938. The van der Waals surface area contributed by atoms with Crippen LogP contribution in [0.25, 0.3) is 0 Å². The van der Waals surface area contributed by atoms with E-state index in [2.05, 4.69) is 5.32 Å². The van der Waals surface area contributed by atoms with E-state index in [1.807, 2.05) is 0 Å². The van der Waals surface area contributed by atoms with E-state index in [0.29, 0.717) is 11.8 Å². The first-order valence-electron chi connectivity index (χ1n) is 8.29. The van der Waals surface area contributed by atoms with Crippen LogP contribution in [0, 0.1) is 17.8 Å². The van der Waals surface area contributed by atoms with Crippen molar-refractivity contribution in [2.45, 2.75) is 63.5 Å². The number of rotatable bonds is 5. The molecular weight excluding hydrogens is 254 g/mol. The molecule has 4 atom stereocenters. The van der Waals surface area contributed by atoms with Gasteiger partial charge in [0.05, 0.1) is 6.10 Å². The van der Waals surface area contributed by atoms with Crippen molar-refractivity contribution in [2.24, 2.45) is 17.8 Å². The zero-order valence-corrected chi connectivity index (χ0v) is 12.2. The van der Waals surface area contributed by atoms with Crippen LogP contribution in [0.4, 0.5) is 0 Å². The normalized spacial score (nSPS) is 37.2. The third-order valence-corrected chi connectivity index (χ3v) is 5.63. The number of carbonyl (C=O) groups is 1. The van der Waals surface area contributed by atoms with E-state index in [4.69, 9.17) is 4.74 Å². The summed E-state index contributed by atoms with van der Waals surface area (Å²) in [5.41, 5.74) is 0. The monoisotopic (exact) mass is 281 g/mol. The van der Waals surface area contributed by atoms with Crippen LogP contribution in [0.1, 0.15) is 51.4 Å². The van der Waals surface area contributed by atoms with Crippen molar-refractivity contribution in [3.8, 4) is 0 Å². The number of nitrogens with one attached hydrogen (secondary N) is 1. The number of hydrogen-bond donors (Lipinski definition) is 2. The molecule has 4 unspecified atom stereocenters. The summed E-state index contributed by atoms with van der Waals surface area (Å²) in [4.78, 5) is 12.1. The first kappa shape index (κ1) is 14.3. The molecule has 0 saturated heterocycles. The Bertz CT molecular complexity index is 341. The minimum absolute atomic E-state index is 0.00609. The Balaban J connectivity index is 1.44. The minimum Gasteiger partial charge on any atom is -0.396 e. The standard InChI is InChI=1S/C16H27NO3/c18-9-14-11-6-7-12(8-11)16(14)17-15(19)10-20-13-4-2-1-3-5-13/h11-14,16,18H,1-10H2,(H,17,19). The van der Waals surface area contributed by atoms with Crippen LogP contribution in [0.2, 0.25) is 0 Å². The number of fused-ring (bicyclic) bond motifs is 2. The van der Waals surface area contributed by atoms with Gasteiger partial charge in [-0.1, -0.05) is 19.3 Å². The van der Waals surface area contributed by atoms with Crippen LogP contribution >= 0.6 is 0 Å². The molecule has 2 bridgehead atoms. The summed E-state index contributed by atoms with van der Waals surface area (Å²) in [5.74, 6) is 1.48. The van der Waals surface area contributed by atoms with Gasteiger partial charge >= 0.3 is 0 Å². The molecule has 0 aliphatic heterocycles.